The van der Waals surface area contributed by atoms with Crippen LogP contribution in [0.5, 0.6) is 0 Å². The summed E-state index contributed by atoms with van der Waals surface area (Å²) in [6, 6.07) is 0.382. The van der Waals surface area contributed by atoms with Crippen LogP contribution in [-0.2, 0) is 0 Å². The molecule has 1 aliphatic carbocycles. The first kappa shape index (κ1) is 11.0. The van der Waals surface area contributed by atoms with Gasteiger partial charge in [-0.3, -0.25) is 0 Å². The molecule has 0 unspecified atom stereocenters. The minimum absolute atomic E-state index is 0.290. The zero-order valence-electron chi connectivity index (χ0n) is 9.47. The van der Waals surface area contributed by atoms with Crippen LogP contribution in [0.25, 0.3) is 0 Å². The predicted octanol–water partition coefficient (Wildman–Crippen LogP) is 3.33. The van der Waals surface area contributed by atoms with Crippen LogP contribution in [0.1, 0.15) is 59.3 Å². The number of rotatable bonds is 3. The second-order valence-electron chi connectivity index (χ2n) is 5.70. The Balaban J connectivity index is 2.17. The van der Waals surface area contributed by atoms with E-state index in [2.05, 4.69) is 20.8 Å². The topological polar surface area (TPSA) is 26.0 Å². The molecule has 78 valence electrons. The van der Waals surface area contributed by atoms with Gasteiger partial charge in [0.25, 0.3) is 0 Å². The lowest BCUT2D eigenvalue weighted by atomic mass is 9.83. The Kier molecular flexibility index (Phi) is 3.78. The quantitative estimate of drug-likeness (QED) is 0.713. The van der Waals surface area contributed by atoms with Gasteiger partial charge in [0.2, 0.25) is 0 Å². The van der Waals surface area contributed by atoms with Crippen molar-refractivity contribution >= 4 is 0 Å². The molecule has 0 bridgehead atoms. The summed E-state index contributed by atoms with van der Waals surface area (Å²) < 4.78 is 0. The monoisotopic (exact) mass is 183 g/mol. The maximum absolute atomic E-state index is 6.13. The van der Waals surface area contributed by atoms with Crippen molar-refractivity contribution in [3.05, 3.63) is 0 Å². The molecule has 1 heteroatoms. The van der Waals surface area contributed by atoms with Gasteiger partial charge in [-0.05, 0) is 24.2 Å². The molecule has 0 saturated heterocycles. The molecule has 0 aliphatic heterocycles. The molecule has 0 aromatic rings. The van der Waals surface area contributed by atoms with E-state index in [1.165, 1.54) is 38.5 Å². The van der Waals surface area contributed by atoms with Gasteiger partial charge in [-0.25, -0.2) is 0 Å². The number of hydrogen-bond donors (Lipinski definition) is 1. The average molecular weight is 183 g/mol. The molecule has 13 heavy (non-hydrogen) atoms. The smallest absolute Gasteiger partial charge is 0.00877 e. The van der Waals surface area contributed by atoms with Gasteiger partial charge in [-0.15, -0.1) is 0 Å². The third kappa shape index (κ3) is 3.68. The summed E-state index contributed by atoms with van der Waals surface area (Å²) in [5.74, 6) is 0.994. The van der Waals surface area contributed by atoms with Gasteiger partial charge < -0.3 is 5.73 Å². The minimum atomic E-state index is 0.290. The van der Waals surface area contributed by atoms with Crippen molar-refractivity contribution in [3.8, 4) is 0 Å². The van der Waals surface area contributed by atoms with Crippen LogP contribution in [0, 0.1) is 11.3 Å². The summed E-state index contributed by atoms with van der Waals surface area (Å²) in [6.45, 7) is 6.73. The van der Waals surface area contributed by atoms with Gasteiger partial charge >= 0.3 is 0 Å². The van der Waals surface area contributed by atoms with Gasteiger partial charge in [-0.1, -0.05) is 46.5 Å². The Bertz CT molecular complexity index is 140. The van der Waals surface area contributed by atoms with Crippen LogP contribution in [0.3, 0.4) is 0 Å². The molecule has 1 atom stereocenters. The van der Waals surface area contributed by atoms with Gasteiger partial charge in [-0.2, -0.15) is 0 Å². The molecule has 1 fully saturated rings. The van der Waals surface area contributed by atoms with E-state index in [4.69, 9.17) is 5.73 Å². The first-order chi connectivity index (χ1) is 6.00. The highest BCUT2D eigenvalue weighted by molar-refractivity contribution is 4.78. The maximum Gasteiger partial charge on any atom is 0.00877 e. The summed E-state index contributed by atoms with van der Waals surface area (Å²) in [5, 5.41) is 0. The predicted molar refractivity (Wildman–Crippen MR) is 58.6 cm³/mol. The Labute approximate surface area is 83.1 Å². The third-order valence-corrected chi connectivity index (χ3v) is 3.47. The Hall–Kier alpha value is -0.0400. The summed E-state index contributed by atoms with van der Waals surface area (Å²) in [6.07, 6.45) is 8.39. The normalized spacial score (nSPS) is 22.2. The lowest BCUT2D eigenvalue weighted by molar-refractivity contribution is 0.285. The van der Waals surface area contributed by atoms with Crippen molar-refractivity contribution in [2.24, 2.45) is 17.1 Å². The fourth-order valence-corrected chi connectivity index (χ4v) is 2.15. The summed E-state index contributed by atoms with van der Waals surface area (Å²) in [5.41, 5.74) is 6.42. The fourth-order valence-electron chi connectivity index (χ4n) is 2.15. The summed E-state index contributed by atoms with van der Waals surface area (Å²) in [7, 11) is 0. The Morgan fingerprint density at radius 2 is 1.77 bits per heavy atom. The first-order valence-electron chi connectivity index (χ1n) is 5.76. The minimum Gasteiger partial charge on any atom is -0.327 e. The van der Waals surface area contributed by atoms with Crippen LogP contribution < -0.4 is 5.73 Å². The highest BCUT2D eigenvalue weighted by Crippen LogP contribution is 2.31. The van der Waals surface area contributed by atoms with Crippen molar-refractivity contribution in [2.45, 2.75) is 65.3 Å². The molecule has 0 radical (unpaired) electrons. The lowest BCUT2D eigenvalue weighted by Gasteiger charge is -2.27. The molecular formula is C12H25N. The van der Waals surface area contributed by atoms with Crippen molar-refractivity contribution in [1.82, 2.24) is 0 Å². The molecule has 0 aromatic heterocycles. The fraction of sp³-hybridized carbons (Fsp3) is 1.00. The maximum atomic E-state index is 6.13. The zero-order valence-corrected chi connectivity index (χ0v) is 9.47. The third-order valence-electron chi connectivity index (χ3n) is 3.47. The Morgan fingerprint density at radius 1 is 1.23 bits per heavy atom. The van der Waals surface area contributed by atoms with E-state index in [0.29, 0.717) is 11.5 Å². The van der Waals surface area contributed by atoms with E-state index in [1.54, 1.807) is 0 Å². The first-order valence-corrected chi connectivity index (χ1v) is 5.76. The zero-order chi connectivity index (χ0) is 9.90. The molecule has 2 N–H and O–H groups in total. The highest BCUT2D eigenvalue weighted by atomic mass is 14.7. The van der Waals surface area contributed by atoms with E-state index in [1.807, 2.05) is 0 Å². The van der Waals surface area contributed by atoms with Crippen molar-refractivity contribution in [1.29, 1.82) is 0 Å². The van der Waals surface area contributed by atoms with Crippen molar-refractivity contribution in [2.75, 3.05) is 0 Å². The van der Waals surface area contributed by atoms with E-state index >= 15 is 0 Å². The molecular weight excluding hydrogens is 158 g/mol. The molecule has 1 rings (SSSR count). The van der Waals surface area contributed by atoms with E-state index in [0.717, 1.165) is 5.92 Å². The second-order valence-corrected chi connectivity index (χ2v) is 5.70. The van der Waals surface area contributed by atoms with Gasteiger partial charge in [0, 0.05) is 6.04 Å². The van der Waals surface area contributed by atoms with Gasteiger partial charge in [0.1, 0.15) is 0 Å². The second kappa shape index (κ2) is 4.45. The summed E-state index contributed by atoms with van der Waals surface area (Å²) >= 11 is 0. The van der Waals surface area contributed by atoms with Crippen LogP contribution >= 0.6 is 0 Å². The van der Waals surface area contributed by atoms with Crippen LogP contribution in [0.2, 0.25) is 0 Å². The molecule has 0 spiro atoms. The number of hydrogen-bond acceptors (Lipinski definition) is 1. The number of nitrogens with two attached hydrogens (primary N) is 1. The molecule has 0 aromatic carbocycles. The van der Waals surface area contributed by atoms with Crippen LogP contribution in [0.4, 0.5) is 0 Å². The van der Waals surface area contributed by atoms with Crippen LogP contribution in [0.15, 0.2) is 0 Å². The largest absolute Gasteiger partial charge is 0.327 e. The molecule has 0 heterocycles. The molecule has 1 saturated carbocycles. The summed E-state index contributed by atoms with van der Waals surface area (Å²) in [4.78, 5) is 0. The van der Waals surface area contributed by atoms with E-state index < -0.39 is 0 Å². The molecule has 1 aliphatic rings. The van der Waals surface area contributed by atoms with Crippen molar-refractivity contribution in [3.63, 3.8) is 0 Å². The van der Waals surface area contributed by atoms with E-state index in [9.17, 15) is 0 Å². The van der Waals surface area contributed by atoms with Crippen LogP contribution in [-0.4, -0.2) is 6.04 Å². The average Bonchev–Trinajstić information content (AvgIpc) is 2.50. The van der Waals surface area contributed by atoms with Gasteiger partial charge in [0.15, 0.2) is 0 Å². The molecule has 0 amide bonds. The standard InChI is InChI=1S/C12H25N/c1-12(2,3)11(13)9-8-10-6-4-5-7-10/h10-11H,4-9,13H2,1-3H3/t11-/m1/s1. The highest BCUT2D eigenvalue weighted by Gasteiger charge is 2.22. The Morgan fingerprint density at radius 3 is 2.23 bits per heavy atom. The van der Waals surface area contributed by atoms with Crippen molar-refractivity contribution < 1.29 is 0 Å². The lowest BCUT2D eigenvalue weighted by Crippen LogP contribution is -2.35. The molecule has 1 nitrogen and oxygen atoms in total. The SMILES string of the molecule is CC(C)(C)[C@H](N)CCC1CCCC1. The van der Waals surface area contributed by atoms with Gasteiger partial charge in [0.05, 0.1) is 0 Å². The van der Waals surface area contributed by atoms with E-state index in [-0.39, 0.29) is 0 Å².